The zero-order valence-electron chi connectivity index (χ0n) is 13.6. The van der Waals surface area contributed by atoms with E-state index in [0.29, 0.717) is 26.3 Å². The molecule has 1 aliphatic heterocycles. The van der Waals surface area contributed by atoms with Gasteiger partial charge in [-0.05, 0) is 35.9 Å². The SMILES string of the molecule is COC(=O)C1(c2ccc(Cl)cc2)CC=NN(c2cc(Cl)cc(Cl)c2)C1=O. The quantitative estimate of drug-likeness (QED) is 0.553. The average molecular weight is 412 g/mol. The van der Waals surface area contributed by atoms with Crippen LogP contribution in [0.4, 0.5) is 5.69 Å². The molecule has 134 valence electrons. The minimum Gasteiger partial charge on any atom is -0.468 e. The van der Waals surface area contributed by atoms with E-state index in [2.05, 4.69) is 5.10 Å². The van der Waals surface area contributed by atoms with Crippen LogP contribution < -0.4 is 5.01 Å². The number of halogens is 3. The zero-order chi connectivity index (χ0) is 18.9. The Bertz CT molecular complexity index is 879. The number of carbonyl (C=O) groups excluding carboxylic acids is 2. The molecule has 3 rings (SSSR count). The first-order chi connectivity index (χ1) is 12.4. The molecule has 2 aromatic carbocycles. The third kappa shape index (κ3) is 3.18. The van der Waals surface area contributed by atoms with Crippen molar-refractivity contribution in [1.29, 1.82) is 0 Å². The lowest BCUT2D eigenvalue weighted by molar-refractivity contribution is -0.152. The van der Waals surface area contributed by atoms with E-state index in [1.54, 1.807) is 24.3 Å². The predicted molar refractivity (Wildman–Crippen MR) is 102 cm³/mol. The molecule has 0 spiro atoms. The third-order valence-corrected chi connectivity index (χ3v) is 4.80. The number of amides is 1. The fourth-order valence-corrected chi connectivity index (χ4v) is 3.50. The van der Waals surface area contributed by atoms with Crippen LogP contribution in [0.25, 0.3) is 0 Å². The molecule has 0 aliphatic carbocycles. The second-order valence-electron chi connectivity index (χ2n) is 5.65. The third-order valence-electron chi connectivity index (χ3n) is 4.11. The molecule has 1 unspecified atom stereocenters. The smallest absolute Gasteiger partial charge is 0.326 e. The van der Waals surface area contributed by atoms with Gasteiger partial charge in [0.05, 0.1) is 12.8 Å². The predicted octanol–water partition coefficient (Wildman–Crippen LogP) is 4.48. The highest BCUT2D eigenvalue weighted by molar-refractivity contribution is 6.35. The van der Waals surface area contributed by atoms with Gasteiger partial charge in [0.15, 0.2) is 5.41 Å². The molecular weight excluding hydrogens is 399 g/mol. The number of carbonyl (C=O) groups is 2. The van der Waals surface area contributed by atoms with E-state index in [-0.39, 0.29) is 6.42 Å². The lowest BCUT2D eigenvalue weighted by atomic mass is 9.76. The van der Waals surface area contributed by atoms with Crippen molar-refractivity contribution in [2.45, 2.75) is 11.8 Å². The van der Waals surface area contributed by atoms with E-state index >= 15 is 0 Å². The van der Waals surface area contributed by atoms with Gasteiger partial charge in [-0.2, -0.15) is 10.1 Å². The minimum atomic E-state index is -1.57. The molecule has 0 saturated heterocycles. The largest absolute Gasteiger partial charge is 0.468 e. The summed E-state index contributed by atoms with van der Waals surface area (Å²) >= 11 is 18.0. The van der Waals surface area contributed by atoms with Crippen LogP contribution in [0.15, 0.2) is 47.6 Å². The first-order valence-corrected chi connectivity index (χ1v) is 8.69. The summed E-state index contributed by atoms with van der Waals surface area (Å²) in [6.45, 7) is 0. The Morgan fingerprint density at radius 2 is 1.69 bits per heavy atom. The van der Waals surface area contributed by atoms with E-state index < -0.39 is 17.3 Å². The fraction of sp³-hybridized carbons (Fsp3) is 0.167. The summed E-state index contributed by atoms with van der Waals surface area (Å²) in [5.41, 5.74) is -0.760. The van der Waals surface area contributed by atoms with E-state index in [1.807, 2.05) is 0 Å². The van der Waals surface area contributed by atoms with Crippen molar-refractivity contribution in [2.75, 3.05) is 12.1 Å². The molecule has 0 bridgehead atoms. The van der Waals surface area contributed by atoms with Gasteiger partial charge in [0, 0.05) is 27.7 Å². The van der Waals surface area contributed by atoms with Crippen molar-refractivity contribution in [3.8, 4) is 0 Å². The fourth-order valence-electron chi connectivity index (χ4n) is 2.86. The lowest BCUT2D eigenvalue weighted by Gasteiger charge is -2.35. The van der Waals surface area contributed by atoms with E-state index in [0.717, 1.165) is 5.01 Å². The van der Waals surface area contributed by atoms with Crippen molar-refractivity contribution in [3.05, 3.63) is 63.1 Å². The van der Waals surface area contributed by atoms with Crippen molar-refractivity contribution in [1.82, 2.24) is 0 Å². The van der Waals surface area contributed by atoms with Crippen LogP contribution in [0.1, 0.15) is 12.0 Å². The molecule has 1 heterocycles. The Labute approximate surface area is 165 Å². The summed E-state index contributed by atoms with van der Waals surface area (Å²) in [4.78, 5) is 26.0. The number of anilines is 1. The molecule has 5 nitrogen and oxygen atoms in total. The van der Waals surface area contributed by atoms with Gasteiger partial charge in [-0.15, -0.1) is 0 Å². The number of ether oxygens (including phenoxy) is 1. The molecule has 0 N–H and O–H groups in total. The number of nitrogens with zero attached hydrogens (tertiary/aromatic N) is 2. The van der Waals surface area contributed by atoms with Crippen molar-refractivity contribution < 1.29 is 14.3 Å². The molecule has 2 aromatic rings. The molecular formula is C18H13Cl3N2O3. The second-order valence-corrected chi connectivity index (χ2v) is 6.96. The highest BCUT2D eigenvalue weighted by atomic mass is 35.5. The van der Waals surface area contributed by atoms with Crippen LogP contribution >= 0.6 is 34.8 Å². The van der Waals surface area contributed by atoms with Gasteiger partial charge < -0.3 is 4.74 Å². The Morgan fingerprint density at radius 3 is 2.27 bits per heavy atom. The Hall–Kier alpha value is -2.08. The maximum Gasteiger partial charge on any atom is 0.326 e. The highest BCUT2D eigenvalue weighted by Crippen LogP contribution is 2.37. The minimum absolute atomic E-state index is 0.0605. The van der Waals surface area contributed by atoms with Gasteiger partial charge in [0.1, 0.15) is 0 Å². The molecule has 8 heteroatoms. The molecule has 1 atom stereocenters. The second kappa shape index (κ2) is 7.27. The highest BCUT2D eigenvalue weighted by Gasteiger charge is 2.52. The van der Waals surface area contributed by atoms with Crippen LogP contribution in [0.5, 0.6) is 0 Å². The van der Waals surface area contributed by atoms with Gasteiger partial charge in [-0.3, -0.25) is 9.59 Å². The van der Waals surface area contributed by atoms with Gasteiger partial charge in [-0.25, -0.2) is 0 Å². The number of esters is 1. The average Bonchev–Trinajstić information content (AvgIpc) is 2.61. The summed E-state index contributed by atoms with van der Waals surface area (Å²) in [6.07, 6.45) is 1.55. The van der Waals surface area contributed by atoms with Crippen LogP contribution in [0.3, 0.4) is 0 Å². The molecule has 1 amide bonds. The normalized spacial score (nSPS) is 19.5. The van der Waals surface area contributed by atoms with Crippen LogP contribution in [-0.4, -0.2) is 25.2 Å². The van der Waals surface area contributed by atoms with Crippen molar-refractivity contribution in [2.24, 2.45) is 5.10 Å². The maximum atomic E-state index is 13.3. The molecule has 0 aromatic heterocycles. The van der Waals surface area contributed by atoms with Gasteiger partial charge in [-0.1, -0.05) is 46.9 Å². The van der Waals surface area contributed by atoms with Crippen LogP contribution in [0.2, 0.25) is 15.1 Å². The van der Waals surface area contributed by atoms with E-state index in [1.165, 1.54) is 31.5 Å². The standard InChI is InChI=1S/C18H13Cl3N2O3/c1-26-17(25)18(11-2-4-12(19)5-3-11)6-7-22-23(16(18)24)15-9-13(20)8-14(21)10-15/h2-5,7-10H,6H2,1H3. The number of hydrogen-bond donors (Lipinski definition) is 0. The molecule has 0 radical (unpaired) electrons. The summed E-state index contributed by atoms with van der Waals surface area (Å²) in [5, 5.41) is 6.41. The Kier molecular flexibility index (Phi) is 5.23. The van der Waals surface area contributed by atoms with Crippen LogP contribution in [-0.2, 0) is 19.7 Å². The number of benzene rings is 2. The lowest BCUT2D eigenvalue weighted by Crippen LogP contribution is -2.53. The van der Waals surface area contributed by atoms with Crippen LogP contribution in [0, 0.1) is 0 Å². The van der Waals surface area contributed by atoms with Crippen molar-refractivity contribution >= 4 is 58.6 Å². The maximum absolute atomic E-state index is 13.3. The number of hydrazone groups is 1. The van der Waals surface area contributed by atoms with Gasteiger partial charge >= 0.3 is 5.97 Å². The van der Waals surface area contributed by atoms with E-state index in [9.17, 15) is 9.59 Å². The van der Waals surface area contributed by atoms with E-state index in [4.69, 9.17) is 39.5 Å². The number of rotatable bonds is 3. The van der Waals surface area contributed by atoms with Crippen molar-refractivity contribution in [3.63, 3.8) is 0 Å². The van der Waals surface area contributed by atoms with Gasteiger partial charge in [0.2, 0.25) is 0 Å². The zero-order valence-corrected chi connectivity index (χ0v) is 15.8. The summed E-state index contributed by atoms with van der Waals surface area (Å²) < 4.78 is 4.95. The molecule has 26 heavy (non-hydrogen) atoms. The molecule has 0 fully saturated rings. The molecule has 1 aliphatic rings. The summed E-state index contributed by atoms with van der Waals surface area (Å²) in [6, 6.07) is 11.1. The molecule has 0 saturated carbocycles. The number of hydrogen-bond acceptors (Lipinski definition) is 4. The summed E-state index contributed by atoms with van der Waals surface area (Å²) in [7, 11) is 1.24. The summed E-state index contributed by atoms with van der Waals surface area (Å²) in [5.74, 6) is -1.25. The Morgan fingerprint density at radius 1 is 1.08 bits per heavy atom. The first kappa shape index (κ1) is 18.7. The topological polar surface area (TPSA) is 59.0 Å². The monoisotopic (exact) mass is 410 g/mol. The number of methoxy groups -OCH3 is 1. The first-order valence-electron chi connectivity index (χ1n) is 7.56. The Balaban J connectivity index is 2.14. The van der Waals surface area contributed by atoms with Gasteiger partial charge in [0.25, 0.3) is 5.91 Å².